The van der Waals surface area contributed by atoms with Crippen molar-refractivity contribution >= 4 is 11.9 Å². The summed E-state index contributed by atoms with van der Waals surface area (Å²) in [6, 6.07) is 8.96. The molecule has 6 nitrogen and oxygen atoms in total. The number of rotatable bonds is 6. The Bertz CT molecular complexity index is 868. The van der Waals surface area contributed by atoms with Crippen LogP contribution in [0.2, 0.25) is 0 Å². The maximum absolute atomic E-state index is 12.8. The molecular formula is C18H15F3N2O4. The van der Waals surface area contributed by atoms with Crippen LogP contribution in [-0.4, -0.2) is 37.0 Å². The maximum Gasteiger partial charge on any atom is 0.416 e. The fourth-order valence-corrected chi connectivity index (χ4v) is 2.10. The van der Waals surface area contributed by atoms with Crippen molar-refractivity contribution in [2.75, 3.05) is 20.2 Å². The van der Waals surface area contributed by atoms with Crippen LogP contribution < -0.4 is 0 Å². The molecule has 1 heterocycles. The number of nitrogens with zero attached hydrogens (tertiary/aromatic N) is 2. The lowest BCUT2D eigenvalue weighted by Gasteiger charge is -2.14. The number of hydrogen-bond acceptors (Lipinski definition) is 5. The lowest BCUT2D eigenvalue weighted by Crippen LogP contribution is -2.31. The highest BCUT2D eigenvalue weighted by molar-refractivity contribution is 5.89. The van der Waals surface area contributed by atoms with Gasteiger partial charge in [-0.3, -0.25) is 4.79 Å². The van der Waals surface area contributed by atoms with Crippen molar-refractivity contribution in [3.05, 3.63) is 47.7 Å². The molecule has 0 bridgehead atoms. The van der Waals surface area contributed by atoms with Gasteiger partial charge in [0.05, 0.1) is 18.1 Å². The summed E-state index contributed by atoms with van der Waals surface area (Å²) in [4.78, 5) is 24.9. The van der Waals surface area contributed by atoms with E-state index in [9.17, 15) is 22.8 Å². The SMILES string of the molecule is CN(CCC#N)C(=O)COC(=O)c1ccc(-c2cccc(C(F)(F)F)c2)o1. The predicted molar refractivity (Wildman–Crippen MR) is 87.3 cm³/mol. The molecule has 0 aliphatic rings. The van der Waals surface area contributed by atoms with Gasteiger partial charge in [-0.15, -0.1) is 0 Å². The summed E-state index contributed by atoms with van der Waals surface area (Å²) in [6.07, 6.45) is -4.35. The van der Waals surface area contributed by atoms with Crippen LogP contribution in [0.3, 0.4) is 0 Å². The fraction of sp³-hybridized carbons (Fsp3) is 0.278. The summed E-state index contributed by atoms with van der Waals surface area (Å²) in [5, 5.41) is 8.47. The molecule has 9 heteroatoms. The van der Waals surface area contributed by atoms with Crippen molar-refractivity contribution in [3.8, 4) is 17.4 Å². The van der Waals surface area contributed by atoms with E-state index in [-0.39, 0.29) is 30.0 Å². The second-order valence-corrected chi connectivity index (χ2v) is 5.54. The average molecular weight is 380 g/mol. The molecular weight excluding hydrogens is 365 g/mol. The van der Waals surface area contributed by atoms with Crippen molar-refractivity contribution in [2.24, 2.45) is 0 Å². The number of hydrogen-bond donors (Lipinski definition) is 0. The minimum atomic E-state index is -4.50. The zero-order valence-corrected chi connectivity index (χ0v) is 14.2. The molecule has 2 aromatic rings. The molecule has 0 fully saturated rings. The largest absolute Gasteiger partial charge is 0.450 e. The van der Waals surface area contributed by atoms with Gasteiger partial charge in [-0.25, -0.2) is 4.79 Å². The van der Waals surface area contributed by atoms with Crippen LogP contribution in [0, 0.1) is 11.3 Å². The first-order chi connectivity index (χ1) is 12.7. The van der Waals surface area contributed by atoms with E-state index in [0.717, 1.165) is 12.1 Å². The van der Waals surface area contributed by atoms with Gasteiger partial charge in [0.15, 0.2) is 6.61 Å². The maximum atomic E-state index is 12.8. The fourth-order valence-electron chi connectivity index (χ4n) is 2.10. The Morgan fingerprint density at radius 3 is 2.67 bits per heavy atom. The lowest BCUT2D eigenvalue weighted by molar-refractivity contribution is -0.137. The number of esters is 1. The van der Waals surface area contributed by atoms with Crippen LogP contribution in [0.4, 0.5) is 13.2 Å². The van der Waals surface area contributed by atoms with Gasteiger partial charge in [0.2, 0.25) is 5.76 Å². The summed E-state index contributed by atoms with van der Waals surface area (Å²) in [5.41, 5.74) is -0.692. The van der Waals surface area contributed by atoms with Crippen LogP contribution >= 0.6 is 0 Å². The van der Waals surface area contributed by atoms with Crippen molar-refractivity contribution in [1.29, 1.82) is 5.26 Å². The highest BCUT2D eigenvalue weighted by Crippen LogP contribution is 2.32. The molecule has 0 spiro atoms. The van der Waals surface area contributed by atoms with E-state index in [2.05, 4.69) is 0 Å². The van der Waals surface area contributed by atoms with Crippen molar-refractivity contribution in [2.45, 2.75) is 12.6 Å². The normalized spacial score (nSPS) is 10.9. The first kappa shape index (κ1) is 20.0. The summed E-state index contributed by atoms with van der Waals surface area (Å²) in [5.74, 6) is -1.60. The van der Waals surface area contributed by atoms with E-state index in [1.54, 1.807) is 0 Å². The van der Waals surface area contributed by atoms with Gasteiger partial charge in [-0.2, -0.15) is 18.4 Å². The highest BCUT2D eigenvalue weighted by atomic mass is 19.4. The molecule has 0 saturated carbocycles. The van der Waals surface area contributed by atoms with Gasteiger partial charge >= 0.3 is 12.1 Å². The van der Waals surface area contributed by atoms with Gasteiger partial charge in [0.1, 0.15) is 5.76 Å². The Kier molecular flexibility index (Phi) is 6.23. The third-order valence-electron chi connectivity index (χ3n) is 3.59. The number of halogens is 3. The molecule has 1 amide bonds. The first-order valence-electron chi connectivity index (χ1n) is 7.78. The van der Waals surface area contributed by atoms with E-state index in [1.165, 1.54) is 36.2 Å². The molecule has 0 N–H and O–H groups in total. The number of benzene rings is 1. The monoisotopic (exact) mass is 380 g/mol. The number of alkyl halides is 3. The smallest absolute Gasteiger partial charge is 0.416 e. The molecule has 142 valence electrons. The third kappa shape index (κ3) is 5.34. The van der Waals surface area contributed by atoms with E-state index < -0.39 is 30.2 Å². The summed E-state index contributed by atoms with van der Waals surface area (Å²) >= 11 is 0. The first-order valence-corrected chi connectivity index (χ1v) is 7.78. The van der Waals surface area contributed by atoms with Gasteiger partial charge in [0.25, 0.3) is 5.91 Å². The minimum absolute atomic E-state index is 0.0607. The zero-order valence-electron chi connectivity index (χ0n) is 14.2. The Morgan fingerprint density at radius 2 is 2.00 bits per heavy atom. The van der Waals surface area contributed by atoms with Crippen molar-refractivity contribution in [1.82, 2.24) is 4.90 Å². The minimum Gasteiger partial charge on any atom is -0.450 e. The number of carbonyl (C=O) groups excluding carboxylic acids is 2. The zero-order chi connectivity index (χ0) is 20.0. The van der Waals surface area contributed by atoms with Crippen molar-refractivity contribution < 1.29 is 31.9 Å². The van der Waals surface area contributed by atoms with Crippen LogP contribution in [-0.2, 0) is 15.7 Å². The Morgan fingerprint density at radius 1 is 1.26 bits per heavy atom. The Balaban J connectivity index is 2.02. The quantitative estimate of drug-likeness (QED) is 0.717. The van der Waals surface area contributed by atoms with Crippen LogP contribution in [0.5, 0.6) is 0 Å². The molecule has 0 aliphatic carbocycles. The van der Waals surface area contributed by atoms with Gasteiger partial charge < -0.3 is 14.1 Å². The topological polar surface area (TPSA) is 83.5 Å². The molecule has 0 unspecified atom stereocenters. The number of furan rings is 1. The number of likely N-dealkylation sites (N-methyl/N-ethyl adjacent to an activating group) is 1. The lowest BCUT2D eigenvalue weighted by atomic mass is 10.1. The second kappa shape index (κ2) is 8.40. The molecule has 0 atom stereocenters. The highest BCUT2D eigenvalue weighted by Gasteiger charge is 2.30. The van der Waals surface area contributed by atoms with Gasteiger partial charge in [-0.1, -0.05) is 12.1 Å². The van der Waals surface area contributed by atoms with Crippen molar-refractivity contribution in [3.63, 3.8) is 0 Å². The summed E-state index contributed by atoms with van der Waals surface area (Å²) in [7, 11) is 1.46. The average Bonchev–Trinajstić information content (AvgIpc) is 3.13. The molecule has 0 aliphatic heterocycles. The van der Waals surface area contributed by atoms with E-state index >= 15 is 0 Å². The van der Waals surface area contributed by atoms with Crippen LogP contribution in [0.1, 0.15) is 22.5 Å². The van der Waals surface area contributed by atoms with Crippen LogP contribution in [0.15, 0.2) is 40.8 Å². The van der Waals surface area contributed by atoms with E-state index in [0.29, 0.717) is 0 Å². The third-order valence-corrected chi connectivity index (χ3v) is 3.59. The Labute approximate surface area is 152 Å². The molecule has 0 radical (unpaired) electrons. The van der Waals surface area contributed by atoms with Gasteiger partial charge in [0, 0.05) is 19.2 Å². The van der Waals surface area contributed by atoms with Crippen LogP contribution in [0.25, 0.3) is 11.3 Å². The molecule has 0 saturated heterocycles. The molecule has 2 rings (SSSR count). The summed E-state index contributed by atoms with van der Waals surface area (Å²) in [6.45, 7) is -0.340. The predicted octanol–water partition coefficient (Wildman–Crippen LogP) is 3.49. The number of ether oxygens (including phenoxy) is 1. The number of amides is 1. The molecule has 1 aromatic carbocycles. The number of nitriles is 1. The van der Waals surface area contributed by atoms with E-state index in [4.69, 9.17) is 14.4 Å². The standard InChI is InChI=1S/C18H15F3N2O4/c1-23(9-3-8-22)16(24)11-26-17(25)15-7-6-14(27-15)12-4-2-5-13(10-12)18(19,20)21/h2,4-7,10H,3,9,11H2,1H3. The second-order valence-electron chi connectivity index (χ2n) is 5.54. The van der Waals surface area contributed by atoms with E-state index in [1.807, 2.05) is 6.07 Å². The molecule has 1 aromatic heterocycles. The van der Waals surface area contributed by atoms with Gasteiger partial charge in [-0.05, 0) is 24.3 Å². The molecule has 27 heavy (non-hydrogen) atoms. The Hall–Kier alpha value is -3.28. The number of carbonyl (C=O) groups is 2. The summed E-state index contributed by atoms with van der Waals surface area (Å²) < 4.78 is 48.4.